The highest BCUT2D eigenvalue weighted by Gasteiger charge is 2.35. The van der Waals surface area contributed by atoms with Crippen LogP contribution in [0.25, 0.3) is 0 Å². The highest BCUT2D eigenvalue weighted by atomic mass is 32.2. The van der Waals surface area contributed by atoms with Crippen LogP contribution < -0.4 is 5.32 Å². The molecule has 1 aliphatic heterocycles. The molecule has 0 aromatic carbocycles. The predicted molar refractivity (Wildman–Crippen MR) is 85.4 cm³/mol. The highest BCUT2D eigenvalue weighted by Crippen LogP contribution is 2.22. The lowest BCUT2D eigenvalue weighted by molar-refractivity contribution is 0.0744. The fourth-order valence-corrected chi connectivity index (χ4v) is 4.99. The maximum Gasteiger partial charge on any atom is 0.273 e. The molecule has 2 rings (SSSR count). The van der Waals surface area contributed by atoms with Crippen molar-refractivity contribution in [1.29, 1.82) is 0 Å². The topological polar surface area (TPSA) is 79.4 Å². The fraction of sp³-hybridized carbons (Fsp3) is 0.538. The van der Waals surface area contributed by atoms with E-state index in [2.05, 4.69) is 10.3 Å². The molecular weight excluding hydrogens is 310 g/mol. The van der Waals surface area contributed by atoms with E-state index in [9.17, 15) is 13.2 Å². The van der Waals surface area contributed by atoms with Gasteiger partial charge in [-0.1, -0.05) is 0 Å². The van der Waals surface area contributed by atoms with Crippen molar-refractivity contribution in [1.82, 2.24) is 9.88 Å². The van der Waals surface area contributed by atoms with Crippen LogP contribution in [0.2, 0.25) is 0 Å². The number of sulfone groups is 1. The van der Waals surface area contributed by atoms with Crippen LogP contribution in [0.4, 0.5) is 5.69 Å². The van der Waals surface area contributed by atoms with Gasteiger partial charge in [0.25, 0.3) is 5.91 Å². The molecular formula is C13H19N3O3S2. The average Bonchev–Trinajstić information content (AvgIpc) is 2.46. The first-order valence-corrected chi connectivity index (χ1v) is 9.82. The number of aromatic nitrogens is 1. The fourth-order valence-electron chi connectivity index (χ4n) is 2.18. The first-order valence-electron chi connectivity index (χ1n) is 6.71. The summed E-state index contributed by atoms with van der Waals surface area (Å²) in [7, 11) is -3.31. The van der Waals surface area contributed by atoms with Crippen LogP contribution in [0, 0.1) is 0 Å². The van der Waals surface area contributed by atoms with Gasteiger partial charge in [-0.05, 0) is 19.1 Å². The third-order valence-corrected chi connectivity index (χ3v) is 5.84. The summed E-state index contributed by atoms with van der Waals surface area (Å²) in [6.07, 6.45) is 2.73. The molecule has 0 radical (unpaired) electrons. The molecule has 1 aromatic heterocycles. The van der Waals surface area contributed by atoms with Gasteiger partial charge in [0.05, 0.1) is 0 Å². The Bertz CT molecular complexity index is 619. The molecule has 2 heterocycles. The van der Waals surface area contributed by atoms with E-state index >= 15 is 0 Å². The van der Waals surface area contributed by atoms with E-state index in [-0.39, 0.29) is 11.6 Å². The van der Waals surface area contributed by atoms with E-state index in [1.54, 1.807) is 30.1 Å². The second-order valence-electron chi connectivity index (χ2n) is 4.82. The van der Waals surface area contributed by atoms with Gasteiger partial charge in [0.15, 0.2) is 9.84 Å². The predicted octanol–water partition coefficient (Wildman–Crippen LogP) is 1.07. The summed E-state index contributed by atoms with van der Waals surface area (Å²) < 4.78 is 23.7. The van der Waals surface area contributed by atoms with Crippen molar-refractivity contribution in [2.75, 3.05) is 36.2 Å². The molecule has 116 valence electrons. The van der Waals surface area contributed by atoms with Crippen LogP contribution >= 0.6 is 11.8 Å². The molecule has 1 unspecified atom stereocenters. The number of pyridine rings is 1. The lowest BCUT2D eigenvalue weighted by Gasteiger charge is -2.33. The zero-order chi connectivity index (χ0) is 15.5. The maximum absolute atomic E-state index is 12.6. The molecule has 1 atom stereocenters. The number of carbonyl (C=O) groups is 1. The zero-order valence-corrected chi connectivity index (χ0v) is 13.7. The van der Waals surface area contributed by atoms with E-state index in [0.717, 1.165) is 18.0 Å². The quantitative estimate of drug-likeness (QED) is 0.890. The van der Waals surface area contributed by atoms with Crippen molar-refractivity contribution in [3.05, 3.63) is 24.0 Å². The van der Waals surface area contributed by atoms with E-state index < -0.39 is 15.2 Å². The van der Waals surface area contributed by atoms with Gasteiger partial charge in [-0.15, -0.1) is 0 Å². The average molecular weight is 329 g/mol. The zero-order valence-electron chi connectivity index (χ0n) is 12.1. The summed E-state index contributed by atoms with van der Waals surface area (Å²) in [4.78, 5) is 18.1. The number of nitrogens with zero attached hydrogens (tertiary/aromatic N) is 2. The second-order valence-corrected chi connectivity index (χ2v) is 8.17. The smallest absolute Gasteiger partial charge is 0.273 e. The Hall–Kier alpha value is -1.28. The van der Waals surface area contributed by atoms with Crippen LogP contribution in [0.15, 0.2) is 18.3 Å². The molecule has 1 aromatic rings. The summed E-state index contributed by atoms with van der Waals surface area (Å²) in [5, 5.41) is 2.34. The molecule has 0 saturated carbocycles. The Labute approximate surface area is 129 Å². The number of rotatable bonds is 4. The van der Waals surface area contributed by atoms with Crippen LogP contribution in [-0.4, -0.2) is 60.4 Å². The van der Waals surface area contributed by atoms with Gasteiger partial charge >= 0.3 is 0 Å². The third-order valence-electron chi connectivity index (χ3n) is 3.20. The molecule has 21 heavy (non-hydrogen) atoms. The van der Waals surface area contributed by atoms with E-state index in [4.69, 9.17) is 0 Å². The Kier molecular flexibility index (Phi) is 5.10. The summed E-state index contributed by atoms with van der Waals surface area (Å²) in [5.74, 6) is 0.827. The van der Waals surface area contributed by atoms with Crippen molar-refractivity contribution in [2.24, 2.45) is 0 Å². The molecule has 0 aliphatic carbocycles. The van der Waals surface area contributed by atoms with Gasteiger partial charge < -0.3 is 10.2 Å². The highest BCUT2D eigenvalue weighted by molar-refractivity contribution is 8.00. The van der Waals surface area contributed by atoms with Crippen molar-refractivity contribution in [3.8, 4) is 0 Å². The minimum absolute atomic E-state index is 0.272. The number of carbonyl (C=O) groups excluding carboxylic acids is 1. The number of thioether (sulfide) groups is 1. The maximum atomic E-state index is 12.6. The SMILES string of the molecule is CCNc1ccnc(C(=O)N2CCSCC2S(C)(=O)=O)c1. The number of amides is 1. The van der Waals surface area contributed by atoms with E-state index in [0.29, 0.717) is 12.3 Å². The third kappa shape index (κ3) is 3.88. The monoisotopic (exact) mass is 329 g/mol. The minimum atomic E-state index is -3.31. The first kappa shape index (κ1) is 16.1. The van der Waals surface area contributed by atoms with Crippen molar-refractivity contribution < 1.29 is 13.2 Å². The summed E-state index contributed by atoms with van der Waals surface area (Å²) >= 11 is 1.55. The van der Waals surface area contributed by atoms with Crippen LogP contribution in [0.1, 0.15) is 17.4 Å². The Morgan fingerprint density at radius 2 is 2.33 bits per heavy atom. The molecule has 1 amide bonds. The van der Waals surface area contributed by atoms with Gasteiger partial charge in [0, 0.05) is 42.7 Å². The molecule has 0 bridgehead atoms. The van der Waals surface area contributed by atoms with Crippen molar-refractivity contribution >= 4 is 33.2 Å². The largest absolute Gasteiger partial charge is 0.385 e. The van der Waals surface area contributed by atoms with E-state index in [1.165, 1.54) is 11.2 Å². The first-order chi connectivity index (χ1) is 9.93. The summed E-state index contributed by atoms with van der Waals surface area (Å²) in [6.45, 7) is 3.13. The molecule has 0 spiro atoms. The number of nitrogens with one attached hydrogen (secondary N) is 1. The van der Waals surface area contributed by atoms with Gasteiger partial charge in [0.1, 0.15) is 11.1 Å². The lowest BCUT2D eigenvalue weighted by atomic mass is 10.2. The van der Waals surface area contributed by atoms with Gasteiger partial charge in [-0.2, -0.15) is 11.8 Å². The molecule has 1 fully saturated rings. The Morgan fingerprint density at radius 3 is 3.00 bits per heavy atom. The number of hydrogen-bond acceptors (Lipinski definition) is 6. The van der Waals surface area contributed by atoms with Crippen molar-refractivity contribution in [3.63, 3.8) is 0 Å². The second kappa shape index (κ2) is 6.65. The summed E-state index contributed by atoms with van der Waals surface area (Å²) in [6, 6.07) is 3.44. The molecule has 1 aliphatic rings. The Morgan fingerprint density at radius 1 is 1.57 bits per heavy atom. The molecule has 1 N–H and O–H groups in total. The normalized spacial score (nSPS) is 19.3. The van der Waals surface area contributed by atoms with Crippen LogP contribution in [-0.2, 0) is 9.84 Å². The van der Waals surface area contributed by atoms with Gasteiger partial charge in [-0.25, -0.2) is 8.42 Å². The number of anilines is 1. The van der Waals surface area contributed by atoms with Crippen molar-refractivity contribution in [2.45, 2.75) is 12.3 Å². The van der Waals surface area contributed by atoms with E-state index in [1.807, 2.05) is 6.92 Å². The molecule has 1 saturated heterocycles. The van der Waals surface area contributed by atoms with Crippen LogP contribution in [0.3, 0.4) is 0 Å². The Balaban J connectivity index is 2.27. The standard InChI is InChI=1S/C13H19N3O3S2/c1-3-14-10-4-5-15-11(8-10)13(17)16-6-7-20-9-12(16)21(2,18)19/h4-5,8,12H,3,6-7,9H2,1-2H3,(H,14,15). The van der Waals surface area contributed by atoms with Crippen LogP contribution in [0.5, 0.6) is 0 Å². The van der Waals surface area contributed by atoms with Gasteiger partial charge in [0.2, 0.25) is 0 Å². The minimum Gasteiger partial charge on any atom is -0.385 e. The molecule has 8 heteroatoms. The number of hydrogen-bond donors (Lipinski definition) is 1. The molecule has 6 nitrogen and oxygen atoms in total. The lowest BCUT2D eigenvalue weighted by Crippen LogP contribution is -2.50. The van der Waals surface area contributed by atoms with Gasteiger partial charge in [-0.3, -0.25) is 9.78 Å². The summed E-state index contributed by atoms with van der Waals surface area (Å²) in [5.41, 5.74) is 1.08.